The van der Waals surface area contributed by atoms with Crippen molar-refractivity contribution in [2.45, 2.75) is 65.8 Å². The van der Waals surface area contributed by atoms with Crippen molar-refractivity contribution in [1.82, 2.24) is 20.4 Å². The summed E-state index contributed by atoms with van der Waals surface area (Å²) in [6, 6.07) is 4.42. The smallest absolute Gasteiger partial charge is 0.259 e. The second kappa shape index (κ2) is 9.22. The van der Waals surface area contributed by atoms with Crippen LogP contribution < -0.4 is 5.32 Å². The minimum absolute atomic E-state index is 0.121. The summed E-state index contributed by atoms with van der Waals surface area (Å²) in [5.74, 6) is 1.44. The minimum Gasteiger partial charge on any atom is -0.466 e. The van der Waals surface area contributed by atoms with Crippen LogP contribution in [0.4, 0.5) is 0 Å². The van der Waals surface area contributed by atoms with Crippen LogP contribution in [0.1, 0.15) is 66.6 Å². The number of nitrogens with one attached hydrogen (secondary N) is 1. The molecule has 0 aromatic carbocycles. The van der Waals surface area contributed by atoms with E-state index in [-0.39, 0.29) is 5.91 Å². The van der Waals surface area contributed by atoms with Crippen molar-refractivity contribution in [2.75, 3.05) is 19.6 Å². The van der Waals surface area contributed by atoms with Gasteiger partial charge in [0.1, 0.15) is 11.5 Å². The van der Waals surface area contributed by atoms with Gasteiger partial charge in [-0.1, -0.05) is 11.6 Å². The lowest BCUT2D eigenvalue weighted by Gasteiger charge is -2.33. The van der Waals surface area contributed by atoms with Crippen LogP contribution >= 0.6 is 0 Å². The van der Waals surface area contributed by atoms with Gasteiger partial charge in [0.2, 0.25) is 0 Å². The SMILES string of the molecule is Cc1cc(-c2cc(C(=O)NCCCCN3CCCCC3C)c3c(C)noc3n2)c(C)o1. The van der Waals surface area contributed by atoms with Gasteiger partial charge in [-0.05, 0) is 78.6 Å². The van der Waals surface area contributed by atoms with Gasteiger partial charge in [-0.15, -0.1) is 0 Å². The van der Waals surface area contributed by atoms with E-state index in [0.29, 0.717) is 40.6 Å². The van der Waals surface area contributed by atoms with Gasteiger partial charge in [0, 0.05) is 18.2 Å². The molecule has 3 aromatic heterocycles. The number of aromatic nitrogens is 2. The predicted molar refractivity (Wildman–Crippen MR) is 120 cm³/mol. The molecule has 166 valence electrons. The van der Waals surface area contributed by atoms with Gasteiger partial charge in [-0.3, -0.25) is 4.79 Å². The van der Waals surface area contributed by atoms with Crippen molar-refractivity contribution < 1.29 is 13.7 Å². The number of hydrogen-bond donors (Lipinski definition) is 1. The second-order valence-electron chi connectivity index (χ2n) is 8.67. The molecule has 1 amide bonds. The van der Waals surface area contributed by atoms with Gasteiger partial charge < -0.3 is 19.2 Å². The summed E-state index contributed by atoms with van der Waals surface area (Å²) >= 11 is 0. The van der Waals surface area contributed by atoms with E-state index in [1.165, 1.54) is 25.8 Å². The Balaban J connectivity index is 1.44. The Kier molecular flexibility index (Phi) is 6.41. The summed E-state index contributed by atoms with van der Waals surface area (Å²) in [5.41, 5.74) is 3.10. The van der Waals surface area contributed by atoms with E-state index in [1.807, 2.05) is 32.9 Å². The highest BCUT2D eigenvalue weighted by Crippen LogP contribution is 2.30. The first-order chi connectivity index (χ1) is 14.9. The molecule has 31 heavy (non-hydrogen) atoms. The molecule has 1 aliphatic rings. The van der Waals surface area contributed by atoms with Crippen LogP contribution in [0.15, 0.2) is 21.1 Å². The Labute approximate surface area is 183 Å². The zero-order valence-corrected chi connectivity index (χ0v) is 19.0. The van der Waals surface area contributed by atoms with Gasteiger partial charge >= 0.3 is 0 Å². The zero-order chi connectivity index (χ0) is 22.0. The molecule has 7 nitrogen and oxygen atoms in total. The number of piperidine rings is 1. The molecule has 1 unspecified atom stereocenters. The Bertz CT molecular complexity index is 1070. The third-order valence-electron chi connectivity index (χ3n) is 6.28. The topological polar surface area (TPSA) is 84.4 Å². The van der Waals surface area contributed by atoms with Gasteiger partial charge in [0.05, 0.1) is 22.3 Å². The summed E-state index contributed by atoms with van der Waals surface area (Å²) in [6.07, 6.45) is 5.98. The molecule has 1 N–H and O–H groups in total. The molecule has 0 aliphatic carbocycles. The molecule has 1 saturated heterocycles. The summed E-state index contributed by atoms with van der Waals surface area (Å²) in [4.78, 5) is 20.2. The van der Waals surface area contributed by atoms with Crippen LogP contribution in [0.3, 0.4) is 0 Å². The van der Waals surface area contributed by atoms with Crippen molar-refractivity contribution in [1.29, 1.82) is 0 Å². The zero-order valence-electron chi connectivity index (χ0n) is 19.0. The molecular formula is C24H32N4O3. The fourth-order valence-electron chi connectivity index (χ4n) is 4.52. The molecule has 1 aliphatic heterocycles. The fraction of sp³-hybridized carbons (Fsp3) is 0.542. The standard InChI is InChI=1S/C24H32N4O3/c1-15-9-5-7-11-28(15)12-8-6-10-25-23(29)20-14-21(19-13-16(2)30-18(19)4)26-24-22(20)17(3)27-31-24/h13-15H,5-12H2,1-4H3,(H,25,29). The molecule has 1 atom stereocenters. The highest BCUT2D eigenvalue weighted by molar-refractivity contribution is 6.07. The van der Waals surface area contributed by atoms with Gasteiger partial charge in [0.15, 0.2) is 0 Å². The normalized spacial score (nSPS) is 17.4. The number of likely N-dealkylation sites (tertiary alicyclic amines) is 1. The van der Waals surface area contributed by atoms with Crippen LogP contribution in [-0.2, 0) is 0 Å². The van der Waals surface area contributed by atoms with Crippen LogP contribution in [-0.4, -0.2) is 46.6 Å². The third-order valence-corrected chi connectivity index (χ3v) is 6.28. The molecule has 4 heterocycles. The summed E-state index contributed by atoms with van der Waals surface area (Å²) in [5, 5.41) is 7.77. The van der Waals surface area contributed by atoms with Crippen molar-refractivity contribution in [2.24, 2.45) is 0 Å². The largest absolute Gasteiger partial charge is 0.466 e. The second-order valence-corrected chi connectivity index (χ2v) is 8.67. The number of aryl methyl sites for hydroxylation is 3. The fourth-order valence-corrected chi connectivity index (χ4v) is 4.52. The minimum atomic E-state index is -0.121. The predicted octanol–water partition coefficient (Wildman–Crippen LogP) is 4.79. The molecule has 0 spiro atoms. The van der Waals surface area contributed by atoms with E-state index < -0.39 is 0 Å². The van der Waals surface area contributed by atoms with Gasteiger partial charge in [-0.25, -0.2) is 4.98 Å². The first-order valence-electron chi connectivity index (χ1n) is 11.3. The van der Waals surface area contributed by atoms with Crippen LogP contribution in [0.2, 0.25) is 0 Å². The average Bonchev–Trinajstić information content (AvgIpc) is 3.29. The lowest BCUT2D eigenvalue weighted by molar-refractivity contribution is 0.0953. The van der Waals surface area contributed by atoms with Crippen LogP contribution in [0.5, 0.6) is 0 Å². The number of nitrogens with zero attached hydrogens (tertiary/aromatic N) is 3. The monoisotopic (exact) mass is 424 g/mol. The number of hydrogen-bond acceptors (Lipinski definition) is 6. The van der Waals surface area contributed by atoms with Gasteiger partial charge in [-0.2, -0.15) is 0 Å². The molecule has 7 heteroatoms. The first kappa shape index (κ1) is 21.6. The maximum Gasteiger partial charge on any atom is 0.259 e. The van der Waals surface area contributed by atoms with Crippen molar-refractivity contribution in [3.05, 3.63) is 34.9 Å². The molecule has 1 fully saturated rings. The summed E-state index contributed by atoms with van der Waals surface area (Å²) in [7, 11) is 0. The van der Waals surface area contributed by atoms with Crippen molar-refractivity contribution in [3.8, 4) is 11.3 Å². The maximum absolute atomic E-state index is 13.1. The first-order valence-corrected chi connectivity index (χ1v) is 11.3. The number of carbonyl (C=O) groups is 1. The van der Waals surface area contributed by atoms with Crippen molar-refractivity contribution >= 4 is 17.0 Å². The highest BCUT2D eigenvalue weighted by atomic mass is 16.5. The highest BCUT2D eigenvalue weighted by Gasteiger charge is 2.21. The summed E-state index contributed by atoms with van der Waals surface area (Å²) in [6.45, 7) is 10.9. The Morgan fingerprint density at radius 3 is 2.81 bits per heavy atom. The molecule has 0 bridgehead atoms. The van der Waals surface area contributed by atoms with E-state index in [1.54, 1.807) is 0 Å². The number of rotatable bonds is 7. The molecule has 4 rings (SSSR count). The van der Waals surface area contributed by atoms with E-state index >= 15 is 0 Å². The number of carbonyl (C=O) groups excluding carboxylic acids is 1. The Morgan fingerprint density at radius 1 is 1.23 bits per heavy atom. The average molecular weight is 425 g/mol. The Morgan fingerprint density at radius 2 is 2.06 bits per heavy atom. The quantitative estimate of drug-likeness (QED) is 0.549. The summed E-state index contributed by atoms with van der Waals surface area (Å²) < 4.78 is 11.0. The molecule has 3 aromatic rings. The van der Waals surface area contributed by atoms with E-state index in [0.717, 1.165) is 36.5 Å². The number of unbranched alkanes of at least 4 members (excludes halogenated alkanes) is 1. The number of furan rings is 1. The van der Waals surface area contributed by atoms with Crippen molar-refractivity contribution in [3.63, 3.8) is 0 Å². The lowest BCUT2D eigenvalue weighted by atomic mass is 10.0. The molecule has 0 saturated carbocycles. The number of amides is 1. The van der Waals surface area contributed by atoms with E-state index in [4.69, 9.17) is 8.94 Å². The van der Waals surface area contributed by atoms with Crippen LogP contribution in [0.25, 0.3) is 22.4 Å². The third kappa shape index (κ3) is 4.66. The molecule has 0 radical (unpaired) electrons. The van der Waals surface area contributed by atoms with E-state index in [2.05, 4.69) is 27.3 Å². The molecular weight excluding hydrogens is 392 g/mol. The lowest BCUT2D eigenvalue weighted by Crippen LogP contribution is -2.38. The van der Waals surface area contributed by atoms with E-state index in [9.17, 15) is 4.79 Å². The van der Waals surface area contributed by atoms with Crippen LogP contribution in [0, 0.1) is 20.8 Å². The number of pyridine rings is 1. The maximum atomic E-state index is 13.1. The number of fused-ring (bicyclic) bond motifs is 1. The van der Waals surface area contributed by atoms with Gasteiger partial charge in [0.25, 0.3) is 11.6 Å². The Hall–Kier alpha value is -2.67.